The smallest absolute Gasteiger partial charge is 0.373 e. The van der Waals surface area contributed by atoms with Crippen LogP contribution in [0.15, 0.2) is 151 Å². The van der Waals surface area contributed by atoms with Crippen molar-refractivity contribution in [2.45, 2.75) is 149 Å². The van der Waals surface area contributed by atoms with E-state index < -0.39 is 34.3 Å². The molecule has 0 spiro atoms. The predicted octanol–water partition coefficient (Wildman–Crippen LogP) is 15.2. The second-order valence-electron chi connectivity index (χ2n) is 21.3. The highest BCUT2D eigenvalue weighted by Gasteiger charge is 2.44. The highest BCUT2D eigenvalue weighted by atomic mass is 28.4. The van der Waals surface area contributed by atoms with Gasteiger partial charge in [0, 0.05) is 18.3 Å². The van der Waals surface area contributed by atoms with Crippen molar-refractivity contribution in [1.29, 1.82) is 0 Å². The molecule has 0 aromatic heterocycles. The van der Waals surface area contributed by atoms with Gasteiger partial charge in [0.2, 0.25) is 5.76 Å². The number of carbonyl (C=O) groups is 1. The third-order valence-corrected chi connectivity index (χ3v) is 23.0. The number of hydrogen-bond donors (Lipinski definition) is 0. The molecule has 0 heterocycles. The Bertz CT molecular complexity index is 2110. The van der Waals surface area contributed by atoms with Crippen LogP contribution in [0.4, 0.5) is 0 Å². The van der Waals surface area contributed by atoms with Gasteiger partial charge in [0.1, 0.15) is 18.0 Å². The average Bonchev–Trinajstić information content (AvgIpc) is 3.30. The van der Waals surface area contributed by atoms with Gasteiger partial charge in [-0.15, -0.1) is 0 Å². The molecule has 4 aromatic carbocycles. The third kappa shape index (κ3) is 15.0. The lowest BCUT2D eigenvalue weighted by atomic mass is 9.79. The van der Waals surface area contributed by atoms with Gasteiger partial charge in [-0.3, -0.25) is 0 Å². The van der Waals surface area contributed by atoms with E-state index in [2.05, 4.69) is 193 Å². The van der Waals surface area contributed by atoms with Crippen LogP contribution in [0.25, 0.3) is 0 Å². The second-order valence-corrected chi connectivity index (χ2v) is 30.8. The Morgan fingerprint density at radius 2 is 1.10 bits per heavy atom. The largest absolute Gasteiger partial charge is 0.497 e. The van der Waals surface area contributed by atoms with Crippen molar-refractivity contribution in [3.63, 3.8) is 0 Å². The van der Waals surface area contributed by atoms with E-state index in [4.69, 9.17) is 27.8 Å². The summed E-state index contributed by atoms with van der Waals surface area (Å²) in [7, 11) is -2.82. The van der Waals surface area contributed by atoms with Gasteiger partial charge in [0.05, 0.1) is 32.0 Å². The van der Waals surface area contributed by atoms with Crippen LogP contribution < -0.4 is 4.74 Å². The van der Waals surface area contributed by atoms with Crippen molar-refractivity contribution in [1.82, 2.24) is 0 Å². The molecule has 370 valence electrons. The van der Waals surface area contributed by atoms with Crippen molar-refractivity contribution in [2.24, 2.45) is 17.8 Å². The van der Waals surface area contributed by atoms with E-state index >= 15 is 0 Å². The number of rotatable bonds is 24. The first kappa shape index (κ1) is 56.1. The van der Waals surface area contributed by atoms with Gasteiger partial charge in [0.15, 0.2) is 16.6 Å². The first-order chi connectivity index (χ1) is 32.0. The Morgan fingerprint density at radius 3 is 1.54 bits per heavy atom. The van der Waals surface area contributed by atoms with Gasteiger partial charge < -0.3 is 27.8 Å². The lowest BCUT2D eigenvalue weighted by Gasteiger charge is -2.43. The van der Waals surface area contributed by atoms with E-state index in [0.29, 0.717) is 6.42 Å². The Kier molecular flexibility index (Phi) is 20.5. The standard InChI is InChI=1S/C59H84O7Si2/c1-17-28-44(3)53(66-68(15,16)58(9,10)11)42-52(65-67(13,14)57(6,7)8)38-35-45(4)55(46(5)41-54(56(60)62-18-2)63-43-47-36-39-51(61-12)40-37-47)64-59(48-29-22-19-23-30-48,49-31-24-20-25-32-49)50-33-26-21-27-34-50/h17,19-41,44-46,52-53,55H,18,42-43H2,1-16H3/t44-,45+,46+,52-,53+,55-/m1/s1. The highest BCUT2D eigenvalue weighted by molar-refractivity contribution is 6.74. The lowest BCUT2D eigenvalue weighted by Crippen LogP contribution is -2.48. The van der Waals surface area contributed by atoms with Crippen molar-refractivity contribution in [3.8, 4) is 5.75 Å². The number of carbonyl (C=O) groups excluding carboxylic acids is 1. The second kappa shape index (κ2) is 24.9. The zero-order valence-corrected chi connectivity index (χ0v) is 46.3. The third-order valence-electron chi connectivity index (χ3n) is 14.0. The summed E-state index contributed by atoms with van der Waals surface area (Å²) in [6.45, 7) is 33.9. The zero-order chi connectivity index (χ0) is 50.3. The maximum atomic E-state index is 13.8. The van der Waals surface area contributed by atoms with Crippen molar-refractivity contribution >= 4 is 22.6 Å². The van der Waals surface area contributed by atoms with Crippen LogP contribution in [0.5, 0.6) is 5.75 Å². The van der Waals surface area contributed by atoms with E-state index in [0.717, 1.165) is 28.0 Å². The van der Waals surface area contributed by atoms with Crippen LogP contribution in [0.3, 0.4) is 0 Å². The molecule has 0 unspecified atom stereocenters. The molecule has 0 aliphatic rings. The number of hydrogen-bond acceptors (Lipinski definition) is 7. The van der Waals surface area contributed by atoms with Crippen LogP contribution >= 0.6 is 0 Å². The van der Waals surface area contributed by atoms with E-state index in [9.17, 15) is 4.79 Å². The van der Waals surface area contributed by atoms with Crippen LogP contribution in [-0.2, 0) is 40.1 Å². The summed E-state index contributed by atoms with van der Waals surface area (Å²) < 4.78 is 40.0. The molecule has 0 saturated carbocycles. The van der Waals surface area contributed by atoms with Gasteiger partial charge in [-0.05, 0) is 96.5 Å². The maximum Gasteiger partial charge on any atom is 0.373 e. The van der Waals surface area contributed by atoms with E-state index in [1.165, 1.54) is 0 Å². The lowest BCUT2D eigenvalue weighted by molar-refractivity contribution is -0.143. The maximum absolute atomic E-state index is 13.8. The SMILES string of the molecule is CC=C[C@@H](C)[C@H](C[C@@H](C=C[C@H](C)[C@@H](OC(c1ccccc1)(c1ccccc1)c1ccccc1)[C@@H](C)C=C(OCc1ccc(OC)cc1)C(=O)OCC)O[Si](C)(C)C(C)(C)C)O[Si](C)(C)C(C)(C)C. The van der Waals surface area contributed by atoms with Crippen molar-refractivity contribution in [2.75, 3.05) is 13.7 Å². The van der Waals surface area contributed by atoms with Gasteiger partial charge in [-0.25, -0.2) is 4.79 Å². The summed E-state index contributed by atoms with van der Waals surface area (Å²) in [5.41, 5.74) is 2.80. The van der Waals surface area contributed by atoms with Crippen LogP contribution in [0.2, 0.25) is 36.3 Å². The fourth-order valence-electron chi connectivity index (χ4n) is 7.93. The van der Waals surface area contributed by atoms with E-state index in [1.54, 1.807) is 14.0 Å². The van der Waals surface area contributed by atoms with Gasteiger partial charge in [-0.2, -0.15) is 0 Å². The molecule has 4 rings (SSSR count). The number of methoxy groups -OCH3 is 1. The molecule has 6 atom stereocenters. The molecule has 0 aliphatic heterocycles. The first-order valence-corrected chi connectivity index (χ1v) is 30.5. The van der Waals surface area contributed by atoms with Crippen LogP contribution in [0, 0.1) is 17.8 Å². The molecule has 0 saturated heterocycles. The molecular formula is C59H84O7Si2. The quantitative estimate of drug-likeness (QED) is 0.0173. The van der Waals surface area contributed by atoms with E-state index in [-0.39, 0.29) is 59.0 Å². The number of benzene rings is 4. The first-order valence-electron chi connectivity index (χ1n) is 24.7. The highest BCUT2D eigenvalue weighted by Crippen LogP contribution is 2.45. The fraction of sp³-hybridized carbons (Fsp3) is 0.475. The Hall–Kier alpha value is -4.52. The molecule has 0 bridgehead atoms. The zero-order valence-electron chi connectivity index (χ0n) is 44.3. The predicted molar refractivity (Wildman–Crippen MR) is 287 cm³/mol. The Balaban J connectivity index is 1.96. The Morgan fingerprint density at radius 1 is 0.618 bits per heavy atom. The van der Waals surface area contributed by atoms with Gasteiger partial charge in [0.25, 0.3) is 0 Å². The molecule has 9 heteroatoms. The molecule has 0 radical (unpaired) electrons. The van der Waals surface area contributed by atoms with Crippen molar-refractivity contribution < 1.29 is 32.6 Å². The van der Waals surface area contributed by atoms with Gasteiger partial charge >= 0.3 is 5.97 Å². The molecule has 0 fully saturated rings. The molecule has 68 heavy (non-hydrogen) atoms. The molecule has 0 N–H and O–H groups in total. The van der Waals surface area contributed by atoms with Gasteiger partial charge in [-0.1, -0.05) is 190 Å². The minimum absolute atomic E-state index is 0.0175. The van der Waals surface area contributed by atoms with Crippen LogP contribution in [-0.4, -0.2) is 54.6 Å². The summed E-state index contributed by atoms with van der Waals surface area (Å²) in [6, 6.07) is 38.9. The van der Waals surface area contributed by atoms with Crippen LogP contribution in [0.1, 0.15) is 105 Å². The number of ether oxygens (including phenoxy) is 4. The molecule has 0 amide bonds. The topological polar surface area (TPSA) is 72.5 Å². The molecule has 4 aromatic rings. The van der Waals surface area contributed by atoms with E-state index in [1.807, 2.05) is 48.5 Å². The Labute approximate surface area is 413 Å². The minimum atomic E-state index is -2.29. The normalized spacial score (nSPS) is 16.0. The molecular weight excluding hydrogens is 877 g/mol. The fourth-order valence-corrected chi connectivity index (χ4v) is 10.6. The van der Waals surface area contributed by atoms with Crippen molar-refractivity contribution in [3.05, 3.63) is 174 Å². The summed E-state index contributed by atoms with van der Waals surface area (Å²) in [4.78, 5) is 13.8. The molecule has 7 nitrogen and oxygen atoms in total. The summed E-state index contributed by atoms with van der Waals surface area (Å²) >= 11 is 0. The minimum Gasteiger partial charge on any atom is -0.497 e. The average molecular weight is 961 g/mol. The number of allylic oxidation sites excluding steroid dienone is 1. The summed E-state index contributed by atoms with van der Waals surface area (Å²) in [5.74, 6) is -0.0560. The summed E-state index contributed by atoms with van der Waals surface area (Å²) in [6.07, 6.45) is 10.7. The molecule has 0 aliphatic carbocycles. The monoisotopic (exact) mass is 961 g/mol. The number of esters is 1. The summed E-state index contributed by atoms with van der Waals surface area (Å²) in [5, 5.41) is 0.0229.